The van der Waals surface area contributed by atoms with Gasteiger partial charge in [-0.2, -0.15) is 4.98 Å². The van der Waals surface area contributed by atoms with Gasteiger partial charge in [-0.1, -0.05) is 0 Å². The summed E-state index contributed by atoms with van der Waals surface area (Å²) in [4.78, 5) is 56.7. The Morgan fingerprint density at radius 2 is 1.91 bits per heavy atom. The third-order valence-corrected chi connectivity index (χ3v) is 6.33. The Hall–Kier alpha value is -3.76. The van der Waals surface area contributed by atoms with Crippen molar-refractivity contribution in [2.75, 3.05) is 19.7 Å². The number of nitrogens with zero attached hydrogens (tertiary/aromatic N) is 3. The van der Waals surface area contributed by atoms with Crippen molar-refractivity contribution in [1.82, 2.24) is 25.1 Å². The zero-order valence-electron chi connectivity index (χ0n) is 19.7. The van der Waals surface area contributed by atoms with Crippen LogP contribution in [0.1, 0.15) is 41.0 Å². The number of carbonyl (C=O) groups excluding carboxylic acids is 3. The molecule has 0 saturated carbocycles. The van der Waals surface area contributed by atoms with Gasteiger partial charge in [-0.25, -0.2) is 9.18 Å². The number of hydrogen-bond acceptors (Lipinski definition) is 6. The molecule has 35 heavy (non-hydrogen) atoms. The number of carbonyl (C=O) groups is 3. The van der Waals surface area contributed by atoms with Crippen molar-refractivity contribution < 1.29 is 23.5 Å². The maximum atomic E-state index is 13.8. The molecule has 11 heteroatoms. The Bertz CT molecular complexity index is 1210. The average molecular weight is 486 g/mol. The van der Waals surface area contributed by atoms with E-state index in [0.29, 0.717) is 24.2 Å². The Morgan fingerprint density at radius 3 is 2.69 bits per heavy atom. The lowest BCUT2D eigenvalue weighted by atomic mass is 10.1. The monoisotopic (exact) mass is 485 g/mol. The molecule has 3 amide bonds. The maximum Gasteiger partial charge on any atom is 0.348 e. The second-order valence-electron chi connectivity index (χ2n) is 8.85. The number of amides is 3. The van der Waals surface area contributed by atoms with E-state index in [2.05, 4.69) is 15.6 Å². The first kappa shape index (κ1) is 24.4. The molecule has 2 atom stereocenters. The Kier molecular flexibility index (Phi) is 7.13. The van der Waals surface area contributed by atoms with E-state index >= 15 is 0 Å². The summed E-state index contributed by atoms with van der Waals surface area (Å²) >= 11 is 0. The van der Waals surface area contributed by atoms with E-state index < -0.39 is 17.4 Å². The van der Waals surface area contributed by atoms with Gasteiger partial charge >= 0.3 is 5.69 Å². The molecule has 3 heterocycles. The third kappa shape index (κ3) is 5.50. The molecule has 2 aromatic rings. The van der Waals surface area contributed by atoms with E-state index in [1.165, 1.54) is 16.7 Å². The van der Waals surface area contributed by atoms with E-state index in [1.807, 2.05) is 0 Å². The van der Waals surface area contributed by atoms with Crippen molar-refractivity contribution in [2.24, 2.45) is 0 Å². The lowest BCUT2D eigenvalue weighted by Crippen LogP contribution is -2.50. The molecule has 0 spiro atoms. The minimum Gasteiger partial charge on any atom is -0.491 e. The largest absolute Gasteiger partial charge is 0.491 e. The number of aromatic nitrogens is 2. The van der Waals surface area contributed by atoms with E-state index in [4.69, 9.17) is 4.74 Å². The van der Waals surface area contributed by atoms with Crippen LogP contribution in [0.25, 0.3) is 0 Å². The molecule has 0 aliphatic carbocycles. The van der Waals surface area contributed by atoms with Crippen LogP contribution < -0.4 is 21.1 Å². The summed E-state index contributed by atoms with van der Waals surface area (Å²) in [5, 5.41) is 5.54. The van der Waals surface area contributed by atoms with Crippen molar-refractivity contribution in [1.29, 1.82) is 0 Å². The standard InChI is InChI=1S/C24H28FN5O5/c1-14-9-15(2)29(24(34)28-14)13-22(32)30-17-4-5-18(30)12-27-23(33)19-10-16(25)3-6-20(19)35-8-7-26-21(31)11-17/h3,6,9-10,17-18H,4-5,7-8,11-13H2,1-2H3,(H,26,31)(H,27,33)/t17-,18+/m0/s1. The van der Waals surface area contributed by atoms with Gasteiger partial charge in [0.05, 0.1) is 12.1 Å². The molecule has 0 radical (unpaired) electrons. The number of aryl methyl sites for hydroxylation is 2. The lowest BCUT2D eigenvalue weighted by Gasteiger charge is -2.31. The summed E-state index contributed by atoms with van der Waals surface area (Å²) in [7, 11) is 0. The molecular weight excluding hydrogens is 457 g/mol. The Morgan fingerprint density at radius 1 is 1.14 bits per heavy atom. The number of fused-ring (bicyclic) bond motifs is 3. The van der Waals surface area contributed by atoms with Crippen LogP contribution in [0.3, 0.4) is 0 Å². The van der Waals surface area contributed by atoms with E-state index in [0.717, 1.165) is 6.07 Å². The molecule has 1 aromatic heterocycles. The molecule has 1 saturated heterocycles. The number of nitrogens with one attached hydrogen (secondary N) is 2. The van der Waals surface area contributed by atoms with Crippen LogP contribution in [0, 0.1) is 19.7 Å². The molecule has 10 nitrogen and oxygen atoms in total. The summed E-state index contributed by atoms with van der Waals surface area (Å²) in [6.07, 6.45) is 1.23. The predicted octanol–water partition coefficient (Wildman–Crippen LogP) is 0.688. The molecule has 1 fully saturated rings. The zero-order valence-corrected chi connectivity index (χ0v) is 19.7. The first-order valence-corrected chi connectivity index (χ1v) is 11.6. The van der Waals surface area contributed by atoms with Crippen LogP contribution in [0.4, 0.5) is 4.39 Å². The van der Waals surface area contributed by atoms with E-state index in [1.54, 1.807) is 24.8 Å². The molecule has 2 aliphatic heterocycles. The minimum atomic E-state index is -0.581. The van der Waals surface area contributed by atoms with Gasteiger partial charge in [0.2, 0.25) is 11.8 Å². The van der Waals surface area contributed by atoms with Gasteiger partial charge < -0.3 is 20.3 Å². The Labute approximate surface area is 201 Å². The fourth-order valence-electron chi connectivity index (χ4n) is 4.70. The third-order valence-electron chi connectivity index (χ3n) is 6.33. The van der Waals surface area contributed by atoms with Crippen molar-refractivity contribution in [3.05, 3.63) is 57.5 Å². The molecule has 4 rings (SSSR count). The molecule has 186 valence electrons. The topological polar surface area (TPSA) is 123 Å². The van der Waals surface area contributed by atoms with Gasteiger partial charge in [0.1, 0.15) is 24.7 Å². The highest BCUT2D eigenvalue weighted by Gasteiger charge is 2.38. The van der Waals surface area contributed by atoms with Gasteiger partial charge in [-0.3, -0.25) is 19.0 Å². The first-order chi connectivity index (χ1) is 16.7. The smallest absolute Gasteiger partial charge is 0.348 e. The second-order valence-corrected chi connectivity index (χ2v) is 8.85. The summed E-state index contributed by atoms with van der Waals surface area (Å²) in [5.41, 5.74) is 0.688. The SMILES string of the molecule is Cc1cc(C)n(CC(=O)N2[C@@H]3CC[C@H]2CC(=O)NCCOc2ccc(F)cc2C(=O)NC3)c(=O)n1. The fourth-order valence-corrected chi connectivity index (χ4v) is 4.70. The van der Waals surface area contributed by atoms with Gasteiger partial charge in [-0.05, 0) is 51.0 Å². The highest BCUT2D eigenvalue weighted by Crippen LogP contribution is 2.27. The van der Waals surface area contributed by atoms with Crippen molar-refractivity contribution in [3.8, 4) is 5.75 Å². The average Bonchev–Trinajstić information content (AvgIpc) is 3.19. The van der Waals surface area contributed by atoms with Crippen LogP contribution in [-0.4, -0.2) is 64.0 Å². The molecule has 2 bridgehead atoms. The van der Waals surface area contributed by atoms with Crippen molar-refractivity contribution in [2.45, 2.75) is 51.7 Å². The number of hydrogen-bond donors (Lipinski definition) is 2. The first-order valence-electron chi connectivity index (χ1n) is 11.6. The molecular formula is C24H28FN5O5. The quantitative estimate of drug-likeness (QED) is 0.645. The van der Waals surface area contributed by atoms with E-state index in [9.17, 15) is 23.6 Å². The van der Waals surface area contributed by atoms with Gasteiger partial charge in [0.25, 0.3) is 5.91 Å². The minimum absolute atomic E-state index is 0.0358. The van der Waals surface area contributed by atoms with Crippen LogP contribution >= 0.6 is 0 Å². The highest BCUT2D eigenvalue weighted by molar-refractivity contribution is 5.97. The zero-order chi connectivity index (χ0) is 25.1. The van der Waals surface area contributed by atoms with Crippen molar-refractivity contribution >= 4 is 17.7 Å². The Balaban J connectivity index is 1.60. The summed E-state index contributed by atoms with van der Waals surface area (Å²) in [5.74, 6) is -1.47. The second kappa shape index (κ2) is 10.2. The van der Waals surface area contributed by atoms with Crippen LogP contribution in [0.5, 0.6) is 5.75 Å². The summed E-state index contributed by atoms with van der Waals surface area (Å²) < 4.78 is 20.7. The van der Waals surface area contributed by atoms with Crippen LogP contribution in [-0.2, 0) is 16.1 Å². The highest BCUT2D eigenvalue weighted by atomic mass is 19.1. The van der Waals surface area contributed by atoms with E-state index in [-0.39, 0.29) is 67.9 Å². The molecule has 1 aromatic carbocycles. The van der Waals surface area contributed by atoms with Crippen LogP contribution in [0.2, 0.25) is 0 Å². The number of halogens is 1. The molecule has 2 N–H and O–H groups in total. The lowest BCUT2D eigenvalue weighted by molar-refractivity contribution is -0.135. The number of benzene rings is 1. The van der Waals surface area contributed by atoms with Gasteiger partial charge in [0, 0.05) is 36.4 Å². The molecule has 2 aliphatic rings. The molecule has 0 unspecified atom stereocenters. The van der Waals surface area contributed by atoms with Gasteiger partial charge in [0.15, 0.2) is 0 Å². The number of ether oxygens (including phenoxy) is 1. The maximum absolute atomic E-state index is 13.8. The van der Waals surface area contributed by atoms with Crippen molar-refractivity contribution in [3.63, 3.8) is 0 Å². The fraction of sp³-hybridized carbons (Fsp3) is 0.458. The normalized spacial score (nSPS) is 20.8. The summed E-state index contributed by atoms with van der Waals surface area (Å²) in [6.45, 7) is 3.60. The summed E-state index contributed by atoms with van der Waals surface area (Å²) in [6, 6.07) is 4.61. The van der Waals surface area contributed by atoms with Crippen LogP contribution in [0.15, 0.2) is 29.1 Å². The predicted molar refractivity (Wildman–Crippen MR) is 123 cm³/mol. The van der Waals surface area contributed by atoms with Gasteiger partial charge in [-0.15, -0.1) is 0 Å². The number of rotatable bonds is 2.